The lowest BCUT2D eigenvalue weighted by atomic mass is 9.51. The molecule has 0 aromatic rings. The third-order valence-corrected chi connectivity index (χ3v) is 9.78. The van der Waals surface area contributed by atoms with Crippen LogP contribution in [0, 0.1) is 5.41 Å². The van der Waals surface area contributed by atoms with Crippen molar-refractivity contribution in [1.82, 2.24) is 20.0 Å². The maximum Gasteiger partial charge on any atom is 0.324 e. The molecule has 1 saturated heterocycles. The van der Waals surface area contributed by atoms with E-state index in [9.17, 15) is 24.0 Å². The Hall–Kier alpha value is -2.01. The third kappa shape index (κ3) is 5.32. The third-order valence-electron chi connectivity index (χ3n) is 7.56. The van der Waals surface area contributed by atoms with Crippen LogP contribution in [0.15, 0.2) is 9.81 Å². The number of imide groups is 2. The van der Waals surface area contributed by atoms with Crippen LogP contribution in [-0.4, -0.2) is 88.6 Å². The van der Waals surface area contributed by atoms with Crippen molar-refractivity contribution in [2.75, 3.05) is 32.1 Å². The molecule has 200 valence electrons. The number of rotatable bonds is 10. The highest BCUT2D eigenvalue weighted by Gasteiger charge is 2.64. The molecule has 1 heterocycles. The van der Waals surface area contributed by atoms with Gasteiger partial charge in [0.15, 0.2) is 0 Å². The number of hydrogen-bond donors (Lipinski definition) is 1. The Bertz CT molecular complexity index is 929. The van der Waals surface area contributed by atoms with Gasteiger partial charge in [-0.25, -0.2) is 4.79 Å². The summed E-state index contributed by atoms with van der Waals surface area (Å²) in [7, 11) is 3.18. The second-order valence-electron chi connectivity index (χ2n) is 10.0. The summed E-state index contributed by atoms with van der Waals surface area (Å²) < 4.78 is 0.664. The standard InChI is InChI=1S/C25H38N4O5S2/c1-6-13-27(4)19(31)18(21(35-7-2)36-8-3)20(32)29(16-30)17-9-11-24(12-10-17)14-25(15-24)22(33)28(5)23(34)26-25/h16-17H,6-15H2,1-5H3,(H,26,34). The average molecular weight is 539 g/mol. The largest absolute Gasteiger partial charge is 0.341 e. The first-order valence-corrected chi connectivity index (χ1v) is 14.7. The minimum Gasteiger partial charge on any atom is -0.341 e. The van der Waals surface area contributed by atoms with Gasteiger partial charge in [-0.3, -0.25) is 29.0 Å². The van der Waals surface area contributed by atoms with Crippen molar-refractivity contribution in [3.63, 3.8) is 0 Å². The molecule has 0 aromatic carbocycles. The maximum atomic E-state index is 13.7. The second-order valence-corrected chi connectivity index (χ2v) is 12.8. The molecule has 2 aliphatic carbocycles. The summed E-state index contributed by atoms with van der Waals surface area (Å²) in [4.78, 5) is 67.7. The van der Waals surface area contributed by atoms with E-state index in [4.69, 9.17) is 0 Å². The van der Waals surface area contributed by atoms with Crippen molar-refractivity contribution < 1.29 is 24.0 Å². The molecule has 3 fully saturated rings. The van der Waals surface area contributed by atoms with Crippen LogP contribution in [0.25, 0.3) is 0 Å². The monoisotopic (exact) mass is 538 g/mol. The van der Waals surface area contributed by atoms with Crippen molar-refractivity contribution >= 4 is 53.7 Å². The molecule has 1 aliphatic heterocycles. The number of nitrogens with zero attached hydrogens (tertiary/aromatic N) is 3. The molecule has 1 N–H and O–H groups in total. The summed E-state index contributed by atoms with van der Waals surface area (Å²) in [5.41, 5.74) is -0.782. The molecule has 0 unspecified atom stereocenters. The highest BCUT2D eigenvalue weighted by atomic mass is 32.2. The van der Waals surface area contributed by atoms with Gasteiger partial charge in [-0.1, -0.05) is 20.8 Å². The number of amides is 6. The molecule has 9 nitrogen and oxygen atoms in total. The summed E-state index contributed by atoms with van der Waals surface area (Å²) in [6.07, 6.45) is 5.26. The Balaban J connectivity index is 1.76. The fourth-order valence-electron chi connectivity index (χ4n) is 5.84. The molecule has 0 aromatic heterocycles. The smallest absolute Gasteiger partial charge is 0.324 e. The zero-order valence-corrected chi connectivity index (χ0v) is 23.6. The Kier molecular flexibility index (Phi) is 9.19. The lowest BCUT2D eigenvalue weighted by Crippen LogP contribution is -2.63. The van der Waals surface area contributed by atoms with Crippen molar-refractivity contribution in [1.29, 1.82) is 0 Å². The van der Waals surface area contributed by atoms with Gasteiger partial charge in [-0.15, -0.1) is 23.5 Å². The molecule has 6 amide bonds. The van der Waals surface area contributed by atoms with Crippen LogP contribution in [0.5, 0.6) is 0 Å². The van der Waals surface area contributed by atoms with Crippen LogP contribution < -0.4 is 5.32 Å². The minimum absolute atomic E-state index is 0.0701. The van der Waals surface area contributed by atoms with Crippen molar-refractivity contribution in [2.24, 2.45) is 5.41 Å². The summed E-state index contributed by atoms with van der Waals surface area (Å²) in [6.45, 7) is 6.44. The Morgan fingerprint density at radius 2 is 1.67 bits per heavy atom. The molecule has 3 rings (SSSR count). The summed E-state index contributed by atoms with van der Waals surface area (Å²) >= 11 is 2.92. The average Bonchev–Trinajstić information content (AvgIpc) is 3.04. The van der Waals surface area contributed by atoms with Gasteiger partial charge < -0.3 is 10.2 Å². The number of carbonyl (C=O) groups excluding carboxylic acids is 5. The maximum absolute atomic E-state index is 13.7. The highest BCUT2D eigenvalue weighted by molar-refractivity contribution is 8.22. The first-order valence-electron chi connectivity index (χ1n) is 12.7. The normalized spacial score (nSPS) is 27.0. The number of nitrogens with one attached hydrogen (secondary N) is 1. The van der Waals surface area contributed by atoms with Gasteiger partial charge in [0.1, 0.15) is 11.1 Å². The van der Waals surface area contributed by atoms with Crippen LogP contribution in [-0.2, 0) is 19.2 Å². The molecule has 2 saturated carbocycles. The van der Waals surface area contributed by atoms with Gasteiger partial charge >= 0.3 is 6.03 Å². The highest BCUT2D eigenvalue weighted by Crippen LogP contribution is 2.58. The van der Waals surface area contributed by atoms with Crippen LogP contribution in [0.3, 0.4) is 0 Å². The fraction of sp³-hybridized carbons (Fsp3) is 0.720. The summed E-state index contributed by atoms with van der Waals surface area (Å²) in [5.74, 6) is 0.370. The van der Waals surface area contributed by atoms with Gasteiger partial charge in [-0.2, -0.15) is 0 Å². The van der Waals surface area contributed by atoms with Crippen molar-refractivity contribution in [3.8, 4) is 0 Å². The van der Waals surface area contributed by atoms with Gasteiger partial charge in [0.2, 0.25) is 6.41 Å². The number of carbonyl (C=O) groups is 5. The molecule has 3 aliphatic rings. The van der Waals surface area contributed by atoms with E-state index in [1.54, 1.807) is 11.9 Å². The number of hydrogen-bond acceptors (Lipinski definition) is 7. The van der Waals surface area contributed by atoms with Crippen LogP contribution in [0.1, 0.15) is 65.7 Å². The Labute approximate surface area is 222 Å². The zero-order valence-electron chi connectivity index (χ0n) is 21.9. The molecular formula is C25H38N4O5S2. The van der Waals surface area contributed by atoms with E-state index in [2.05, 4.69) is 5.32 Å². The minimum atomic E-state index is -0.797. The predicted octanol–water partition coefficient (Wildman–Crippen LogP) is 3.20. The van der Waals surface area contributed by atoms with E-state index in [1.807, 2.05) is 20.8 Å². The Morgan fingerprint density at radius 1 is 1.08 bits per heavy atom. The quantitative estimate of drug-likeness (QED) is 0.150. The molecular weight excluding hydrogens is 500 g/mol. The topological polar surface area (TPSA) is 107 Å². The predicted molar refractivity (Wildman–Crippen MR) is 142 cm³/mol. The molecule has 2 spiro atoms. The fourth-order valence-corrected chi connectivity index (χ4v) is 8.04. The van der Waals surface area contributed by atoms with Crippen molar-refractivity contribution in [2.45, 2.75) is 77.3 Å². The van der Waals surface area contributed by atoms with E-state index < -0.39 is 11.4 Å². The molecule has 36 heavy (non-hydrogen) atoms. The molecule has 0 bridgehead atoms. The first-order chi connectivity index (χ1) is 17.1. The van der Waals surface area contributed by atoms with Gasteiger partial charge in [0, 0.05) is 26.7 Å². The van der Waals surface area contributed by atoms with E-state index in [1.165, 1.54) is 35.5 Å². The van der Waals surface area contributed by atoms with Gasteiger partial charge in [0.25, 0.3) is 17.7 Å². The lowest BCUT2D eigenvalue weighted by Gasteiger charge is -2.56. The molecule has 0 atom stereocenters. The van der Waals surface area contributed by atoms with E-state index in [0.717, 1.165) is 24.2 Å². The second kappa shape index (κ2) is 11.6. The number of thioether (sulfide) groups is 2. The van der Waals surface area contributed by atoms with Crippen LogP contribution in [0.2, 0.25) is 0 Å². The van der Waals surface area contributed by atoms with Crippen LogP contribution >= 0.6 is 23.5 Å². The lowest BCUT2D eigenvalue weighted by molar-refractivity contribution is -0.144. The van der Waals surface area contributed by atoms with Gasteiger partial charge in [-0.05, 0) is 61.9 Å². The molecule has 0 radical (unpaired) electrons. The van der Waals surface area contributed by atoms with Crippen LogP contribution in [0.4, 0.5) is 4.79 Å². The first kappa shape index (κ1) is 28.6. The summed E-state index contributed by atoms with van der Waals surface area (Å²) in [5, 5.41) is 2.85. The van der Waals surface area contributed by atoms with Gasteiger partial charge in [0.05, 0.1) is 4.24 Å². The Morgan fingerprint density at radius 3 is 2.11 bits per heavy atom. The number of likely N-dealkylation sites (N-methyl/N-ethyl adjacent to an activating group) is 2. The summed E-state index contributed by atoms with van der Waals surface area (Å²) in [6, 6.07) is -0.656. The van der Waals surface area contributed by atoms with E-state index in [-0.39, 0.29) is 34.9 Å². The molecule has 11 heteroatoms. The van der Waals surface area contributed by atoms with E-state index in [0.29, 0.717) is 54.4 Å². The SMILES string of the molecule is CCCN(C)C(=O)C(C(=O)N(C=O)C1CCC2(CC1)CC1(C2)NC(=O)N(C)C1=O)=C(SCC)SCC. The van der Waals surface area contributed by atoms with E-state index >= 15 is 0 Å². The van der Waals surface area contributed by atoms with Crippen molar-refractivity contribution in [3.05, 3.63) is 9.81 Å². The number of urea groups is 1. The zero-order chi connectivity index (χ0) is 26.7.